The molecule has 0 heterocycles. The molecule has 112 valence electrons. The largest absolute Gasteiger partial charge is 0.198 e. The molecule has 0 aliphatic rings. The summed E-state index contributed by atoms with van der Waals surface area (Å²) < 4.78 is 0. The fourth-order valence-electron chi connectivity index (χ4n) is 2.58. The van der Waals surface area contributed by atoms with Gasteiger partial charge in [0.2, 0.25) is 0 Å². The van der Waals surface area contributed by atoms with Crippen molar-refractivity contribution < 1.29 is 0 Å². The summed E-state index contributed by atoms with van der Waals surface area (Å²) in [5.74, 6) is 0. The summed E-state index contributed by atoms with van der Waals surface area (Å²) in [6.45, 7) is 2.28. The van der Waals surface area contributed by atoms with Crippen LogP contribution in [-0.4, -0.2) is 0 Å². The molecule has 0 N–H and O–H groups in total. The van der Waals surface area contributed by atoms with E-state index in [1.165, 1.54) is 89.9 Å². The van der Waals surface area contributed by atoms with E-state index in [2.05, 4.69) is 13.0 Å². The van der Waals surface area contributed by atoms with Crippen LogP contribution in [0.4, 0.5) is 0 Å². The monoisotopic (exact) mass is 265 g/mol. The Kier molecular flexibility index (Phi) is 17.0. The van der Waals surface area contributed by atoms with Crippen molar-refractivity contribution in [2.45, 2.75) is 110 Å². The fourth-order valence-corrected chi connectivity index (χ4v) is 2.58. The van der Waals surface area contributed by atoms with Gasteiger partial charge in [-0.15, -0.1) is 0 Å². The second-order valence-electron chi connectivity index (χ2n) is 5.86. The minimum atomic E-state index is 0.748. The van der Waals surface area contributed by atoms with Crippen LogP contribution in [0.2, 0.25) is 0 Å². The average Bonchev–Trinajstić information content (AvgIpc) is 2.43. The Labute approximate surface area is 121 Å². The van der Waals surface area contributed by atoms with Crippen LogP contribution in [0.1, 0.15) is 110 Å². The summed E-state index contributed by atoms with van der Waals surface area (Å²) in [7, 11) is 0. The Balaban J connectivity index is 2.90. The first kappa shape index (κ1) is 18.5. The summed E-state index contributed by atoms with van der Waals surface area (Å²) in [6.07, 6.45) is 21.6. The summed E-state index contributed by atoms with van der Waals surface area (Å²) in [5, 5.41) is 8.42. The molecule has 0 rings (SSSR count). The average molecular weight is 265 g/mol. The third kappa shape index (κ3) is 17.5. The van der Waals surface area contributed by atoms with Crippen LogP contribution in [0.15, 0.2) is 0 Å². The Hall–Kier alpha value is -0.510. The summed E-state index contributed by atoms with van der Waals surface area (Å²) in [5.41, 5.74) is 0. The standard InChI is InChI=1S/C18H35N/c1-2-3-4-5-6-7-8-9-10-11-12-13-14-15-16-17-18-19/h2-17H2,1H3. The maximum Gasteiger partial charge on any atom is 0.0621 e. The van der Waals surface area contributed by atoms with E-state index in [1.54, 1.807) is 0 Å². The predicted octanol–water partition coefficient (Wildman–Crippen LogP) is 6.77. The van der Waals surface area contributed by atoms with Crippen LogP contribution in [0, 0.1) is 11.3 Å². The minimum Gasteiger partial charge on any atom is -0.198 e. The van der Waals surface area contributed by atoms with E-state index in [1.807, 2.05) is 0 Å². The van der Waals surface area contributed by atoms with Crippen LogP contribution in [0.3, 0.4) is 0 Å². The number of unbranched alkanes of at least 4 members (excludes halogenated alkanes) is 15. The normalized spacial score (nSPS) is 10.5. The fraction of sp³-hybridized carbons (Fsp3) is 0.944. The van der Waals surface area contributed by atoms with Crippen molar-refractivity contribution in [3.63, 3.8) is 0 Å². The van der Waals surface area contributed by atoms with Gasteiger partial charge < -0.3 is 0 Å². The van der Waals surface area contributed by atoms with Crippen LogP contribution < -0.4 is 0 Å². The number of hydrogen-bond donors (Lipinski definition) is 0. The molecule has 0 fully saturated rings. The lowest BCUT2D eigenvalue weighted by molar-refractivity contribution is 0.533. The summed E-state index contributed by atoms with van der Waals surface area (Å²) in [4.78, 5) is 0. The highest BCUT2D eigenvalue weighted by molar-refractivity contribution is 4.67. The molecule has 0 aromatic heterocycles. The number of rotatable bonds is 15. The molecule has 0 bridgehead atoms. The van der Waals surface area contributed by atoms with Gasteiger partial charge in [0.15, 0.2) is 0 Å². The van der Waals surface area contributed by atoms with Gasteiger partial charge in [-0.25, -0.2) is 0 Å². The lowest BCUT2D eigenvalue weighted by atomic mass is 10.0. The maximum atomic E-state index is 8.42. The highest BCUT2D eigenvalue weighted by atomic mass is 14.2. The Morgan fingerprint density at radius 1 is 0.526 bits per heavy atom. The molecule has 0 atom stereocenters. The second kappa shape index (κ2) is 17.5. The minimum absolute atomic E-state index is 0.748. The van der Waals surface area contributed by atoms with Gasteiger partial charge in [-0.05, 0) is 6.42 Å². The third-order valence-corrected chi connectivity index (χ3v) is 3.89. The van der Waals surface area contributed by atoms with E-state index in [0.29, 0.717) is 0 Å². The molecule has 0 saturated heterocycles. The van der Waals surface area contributed by atoms with E-state index in [0.717, 1.165) is 12.8 Å². The quantitative estimate of drug-likeness (QED) is 0.300. The second-order valence-corrected chi connectivity index (χ2v) is 5.86. The van der Waals surface area contributed by atoms with Crippen molar-refractivity contribution in [3.8, 4) is 6.07 Å². The Bertz CT molecular complexity index is 192. The van der Waals surface area contributed by atoms with Gasteiger partial charge in [-0.2, -0.15) is 5.26 Å². The number of nitriles is 1. The van der Waals surface area contributed by atoms with Crippen LogP contribution in [-0.2, 0) is 0 Å². The molecule has 1 nitrogen and oxygen atoms in total. The van der Waals surface area contributed by atoms with Gasteiger partial charge in [-0.1, -0.05) is 96.8 Å². The molecule has 0 amide bonds. The van der Waals surface area contributed by atoms with Crippen molar-refractivity contribution >= 4 is 0 Å². The van der Waals surface area contributed by atoms with E-state index in [9.17, 15) is 0 Å². The van der Waals surface area contributed by atoms with Crippen molar-refractivity contribution in [2.24, 2.45) is 0 Å². The lowest BCUT2D eigenvalue weighted by Crippen LogP contribution is -1.83. The molecule has 0 aliphatic carbocycles. The molecule has 0 radical (unpaired) electrons. The van der Waals surface area contributed by atoms with Crippen molar-refractivity contribution in [1.29, 1.82) is 5.26 Å². The molecular weight excluding hydrogens is 230 g/mol. The van der Waals surface area contributed by atoms with Crippen LogP contribution >= 0.6 is 0 Å². The van der Waals surface area contributed by atoms with Gasteiger partial charge in [0.05, 0.1) is 6.07 Å². The van der Waals surface area contributed by atoms with Crippen molar-refractivity contribution in [3.05, 3.63) is 0 Å². The Morgan fingerprint density at radius 3 is 1.16 bits per heavy atom. The highest BCUT2D eigenvalue weighted by Crippen LogP contribution is 2.13. The highest BCUT2D eigenvalue weighted by Gasteiger charge is 1.94. The van der Waals surface area contributed by atoms with Crippen molar-refractivity contribution in [1.82, 2.24) is 0 Å². The summed E-state index contributed by atoms with van der Waals surface area (Å²) in [6, 6.07) is 2.21. The third-order valence-electron chi connectivity index (χ3n) is 3.89. The van der Waals surface area contributed by atoms with Gasteiger partial charge >= 0.3 is 0 Å². The molecule has 0 saturated carbocycles. The molecule has 0 aromatic rings. The molecule has 1 heteroatoms. The van der Waals surface area contributed by atoms with Crippen molar-refractivity contribution in [2.75, 3.05) is 0 Å². The molecule has 0 spiro atoms. The first-order valence-corrected chi connectivity index (χ1v) is 8.78. The molecule has 0 unspecified atom stereocenters. The smallest absolute Gasteiger partial charge is 0.0621 e. The molecular formula is C18H35N. The van der Waals surface area contributed by atoms with Crippen LogP contribution in [0.5, 0.6) is 0 Å². The zero-order chi connectivity index (χ0) is 14.0. The zero-order valence-corrected chi connectivity index (χ0v) is 13.3. The SMILES string of the molecule is CCCCCCCCCCCCCCCCCC#N. The van der Waals surface area contributed by atoms with Gasteiger partial charge in [0.1, 0.15) is 0 Å². The van der Waals surface area contributed by atoms with E-state index in [-0.39, 0.29) is 0 Å². The topological polar surface area (TPSA) is 23.8 Å². The Morgan fingerprint density at radius 2 is 0.842 bits per heavy atom. The van der Waals surface area contributed by atoms with Gasteiger partial charge in [0.25, 0.3) is 0 Å². The zero-order valence-electron chi connectivity index (χ0n) is 13.3. The molecule has 19 heavy (non-hydrogen) atoms. The predicted molar refractivity (Wildman–Crippen MR) is 85.2 cm³/mol. The van der Waals surface area contributed by atoms with Gasteiger partial charge in [0, 0.05) is 6.42 Å². The van der Waals surface area contributed by atoms with E-state index < -0.39 is 0 Å². The first-order chi connectivity index (χ1) is 9.41. The summed E-state index contributed by atoms with van der Waals surface area (Å²) >= 11 is 0. The number of nitrogens with zero attached hydrogens (tertiary/aromatic N) is 1. The maximum absolute atomic E-state index is 8.42. The first-order valence-electron chi connectivity index (χ1n) is 8.78. The van der Waals surface area contributed by atoms with Crippen LogP contribution in [0.25, 0.3) is 0 Å². The van der Waals surface area contributed by atoms with E-state index >= 15 is 0 Å². The molecule has 0 aliphatic heterocycles. The van der Waals surface area contributed by atoms with E-state index in [4.69, 9.17) is 5.26 Å². The molecule has 0 aromatic carbocycles. The van der Waals surface area contributed by atoms with Gasteiger partial charge in [-0.3, -0.25) is 0 Å². The number of hydrogen-bond acceptors (Lipinski definition) is 1. The lowest BCUT2D eigenvalue weighted by Gasteiger charge is -2.02.